The van der Waals surface area contributed by atoms with E-state index in [2.05, 4.69) is 5.92 Å². The minimum Gasteiger partial charge on any atom is -0.508 e. The van der Waals surface area contributed by atoms with E-state index in [1.54, 1.807) is 0 Å². The first-order valence-electron chi connectivity index (χ1n) is 4.23. The molecule has 1 aromatic carbocycles. The average Bonchev–Trinajstić information content (AvgIpc) is 2.17. The first kappa shape index (κ1) is 11.1. The predicted molar refractivity (Wildman–Crippen MR) is 53.9 cm³/mol. The number of carbonyl (C=O) groups is 1. The molecule has 0 aliphatic rings. The fourth-order valence-electron chi connectivity index (χ4n) is 1.09. The number of amides is 1. The molecule has 0 fully saturated rings. The van der Waals surface area contributed by atoms with Crippen LogP contribution in [0.15, 0.2) is 18.2 Å². The second-order valence-electron chi connectivity index (χ2n) is 3.03. The molecule has 0 radical (unpaired) electrons. The van der Waals surface area contributed by atoms with Crippen LogP contribution >= 0.6 is 0 Å². The van der Waals surface area contributed by atoms with Crippen LogP contribution in [0.1, 0.15) is 10.4 Å². The van der Waals surface area contributed by atoms with Gasteiger partial charge in [0.05, 0.1) is 12.1 Å². The van der Waals surface area contributed by atoms with Crippen LogP contribution in [0.4, 0.5) is 4.39 Å². The van der Waals surface area contributed by atoms with E-state index in [0.29, 0.717) is 0 Å². The van der Waals surface area contributed by atoms with E-state index >= 15 is 0 Å². The van der Waals surface area contributed by atoms with Crippen molar-refractivity contribution in [3.05, 3.63) is 29.6 Å². The summed E-state index contributed by atoms with van der Waals surface area (Å²) in [5.41, 5.74) is -0.106. The molecule has 0 aliphatic heterocycles. The maximum atomic E-state index is 13.2. The molecule has 0 saturated carbocycles. The number of carbonyl (C=O) groups excluding carboxylic acids is 1. The second kappa shape index (κ2) is 4.47. The molecule has 1 rings (SSSR count). The molecule has 3 nitrogen and oxygen atoms in total. The average molecular weight is 207 g/mol. The van der Waals surface area contributed by atoms with Gasteiger partial charge in [0.1, 0.15) is 11.6 Å². The lowest BCUT2D eigenvalue weighted by Gasteiger charge is -2.14. The Bertz CT molecular complexity index is 423. The molecule has 0 atom stereocenters. The number of phenols is 1. The van der Waals surface area contributed by atoms with Gasteiger partial charge in [0.15, 0.2) is 0 Å². The highest BCUT2D eigenvalue weighted by molar-refractivity contribution is 5.94. The fraction of sp³-hybridized carbons (Fsp3) is 0.182. The number of halogens is 1. The van der Waals surface area contributed by atoms with Crippen molar-refractivity contribution in [3.8, 4) is 18.1 Å². The summed E-state index contributed by atoms with van der Waals surface area (Å²) >= 11 is 0. The van der Waals surface area contributed by atoms with E-state index in [0.717, 1.165) is 6.07 Å². The monoisotopic (exact) mass is 207 g/mol. The van der Waals surface area contributed by atoms with Crippen molar-refractivity contribution in [2.75, 3.05) is 13.6 Å². The van der Waals surface area contributed by atoms with Crippen molar-refractivity contribution in [1.82, 2.24) is 4.90 Å². The highest BCUT2D eigenvalue weighted by Crippen LogP contribution is 2.16. The standard InChI is InChI=1S/C11H10FNO2/c1-3-6-13(2)11(15)9-5-4-8(14)7-10(9)12/h1,4-5,7,14H,6H2,2H3. The molecule has 1 aromatic rings. The van der Waals surface area contributed by atoms with Crippen LogP contribution in [-0.2, 0) is 0 Å². The van der Waals surface area contributed by atoms with Gasteiger partial charge in [-0.15, -0.1) is 6.42 Å². The maximum Gasteiger partial charge on any atom is 0.257 e. The molecule has 15 heavy (non-hydrogen) atoms. The van der Waals surface area contributed by atoms with Gasteiger partial charge < -0.3 is 10.0 Å². The topological polar surface area (TPSA) is 40.5 Å². The van der Waals surface area contributed by atoms with Crippen LogP contribution in [-0.4, -0.2) is 29.5 Å². The van der Waals surface area contributed by atoms with Gasteiger partial charge in [0, 0.05) is 13.1 Å². The normalized spacial score (nSPS) is 9.40. The molecule has 1 N–H and O–H groups in total. The minimum absolute atomic E-state index is 0.106. The quantitative estimate of drug-likeness (QED) is 0.741. The first-order valence-corrected chi connectivity index (χ1v) is 4.23. The number of phenolic OH excluding ortho intramolecular Hbond substituents is 1. The van der Waals surface area contributed by atoms with E-state index < -0.39 is 11.7 Å². The fourth-order valence-corrected chi connectivity index (χ4v) is 1.09. The Morgan fingerprint density at radius 2 is 2.33 bits per heavy atom. The summed E-state index contributed by atoms with van der Waals surface area (Å²) in [5.74, 6) is 0.794. The van der Waals surface area contributed by atoms with Crippen molar-refractivity contribution < 1.29 is 14.3 Å². The number of hydrogen-bond acceptors (Lipinski definition) is 2. The van der Waals surface area contributed by atoms with Gasteiger partial charge in [0.2, 0.25) is 0 Å². The molecular weight excluding hydrogens is 197 g/mol. The SMILES string of the molecule is C#CCN(C)C(=O)c1ccc(O)cc1F. The van der Waals surface area contributed by atoms with Crippen molar-refractivity contribution in [2.24, 2.45) is 0 Å². The van der Waals surface area contributed by atoms with Crippen molar-refractivity contribution in [3.63, 3.8) is 0 Å². The summed E-state index contributed by atoms with van der Waals surface area (Å²) in [6.07, 6.45) is 5.03. The Labute approximate surface area is 87.1 Å². The van der Waals surface area contributed by atoms with Crippen LogP contribution in [0, 0.1) is 18.2 Å². The van der Waals surface area contributed by atoms with Gasteiger partial charge in [-0.1, -0.05) is 5.92 Å². The largest absolute Gasteiger partial charge is 0.508 e. The van der Waals surface area contributed by atoms with Gasteiger partial charge in [-0.25, -0.2) is 4.39 Å². The molecule has 1 amide bonds. The van der Waals surface area contributed by atoms with Crippen molar-refractivity contribution in [1.29, 1.82) is 0 Å². The molecule has 0 aromatic heterocycles. The van der Waals surface area contributed by atoms with Crippen molar-refractivity contribution in [2.45, 2.75) is 0 Å². The third kappa shape index (κ3) is 2.47. The lowest BCUT2D eigenvalue weighted by Crippen LogP contribution is -2.27. The molecule has 0 bridgehead atoms. The van der Waals surface area contributed by atoms with Crippen LogP contribution < -0.4 is 0 Å². The van der Waals surface area contributed by atoms with Gasteiger partial charge in [0.25, 0.3) is 5.91 Å². The summed E-state index contributed by atoms with van der Waals surface area (Å²) in [7, 11) is 1.48. The van der Waals surface area contributed by atoms with Crippen LogP contribution in [0.5, 0.6) is 5.75 Å². The molecule has 0 heterocycles. The number of terminal acetylenes is 1. The molecule has 0 aliphatic carbocycles. The Balaban J connectivity index is 2.97. The number of nitrogens with zero attached hydrogens (tertiary/aromatic N) is 1. The van der Waals surface area contributed by atoms with E-state index in [9.17, 15) is 9.18 Å². The number of benzene rings is 1. The third-order valence-electron chi connectivity index (χ3n) is 1.86. The first-order chi connectivity index (χ1) is 7.06. The van der Waals surface area contributed by atoms with Crippen LogP contribution in [0.3, 0.4) is 0 Å². The Morgan fingerprint density at radius 1 is 1.67 bits per heavy atom. The molecule has 78 valence electrons. The lowest BCUT2D eigenvalue weighted by atomic mass is 10.2. The smallest absolute Gasteiger partial charge is 0.257 e. The van der Waals surface area contributed by atoms with Gasteiger partial charge in [-0.2, -0.15) is 0 Å². The summed E-state index contributed by atoms with van der Waals surface area (Å²) in [6.45, 7) is 0.110. The molecule has 0 spiro atoms. The summed E-state index contributed by atoms with van der Waals surface area (Å²) < 4.78 is 13.2. The minimum atomic E-state index is -0.760. The summed E-state index contributed by atoms with van der Waals surface area (Å²) in [6, 6.07) is 3.36. The third-order valence-corrected chi connectivity index (χ3v) is 1.86. The summed E-state index contributed by atoms with van der Waals surface area (Å²) in [5, 5.41) is 8.96. The van der Waals surface area contributed by atoms with Crippen LogP contribution in [0.25, 0.3) is 0 Å². The van der Waals surface area contributed by atoms with Crippen molar-refractivity contribution >= 4 is 5.91 Å². The molecule has 4 heteroatoms. The molecular formula is C11H10FNO2. The van der Waals surface area contributed by atoms with Gasteiger partial charge >= 0.3 is 0 Å². The van der Waals surface area contributed by atoms with E-state index in [4.69, 9.17) is 11.5 Å². The Hall–Kier alpha value is -2.02. The number of hydrogen-bond donors (Lipinski definition) is 1. The predicted octanol–water partition coefficient (Wildman–Crippen LogP) is 1.24. The van der Waals surface area contributed by atoms with Gasteiger partial charge in [-0.05, 0) is 12.1 Å². The Morgan fingerprint density at radius 3 is 2.87 bits per heavy atom. The van der Waals surface area contributed by atoms with E-state index in [-0.39, 0.29) is 17.9 Å². The van der Waals surface area contributed by atoms with Crippen LogP contribution in [0.2, 0.25) is 0 Å². The number of rotatable bonds is 2. The number of aromatic hydroxyl groups is 1. The highest BCUT2D eigenvalue weighted by Gasteiger charge is 2.15. The second-order valence-corrected chi connectivity index (χ2v) is 3.03. The maximum absolute atomic E-state index is 13.2. The Kier molecular flexibility index (Phi) is 3.29. The molecule has 0 saturated heterocycles. The zero-order valence-corrected chi connectivity index (χ0v) is 8.20. The highest BCUT2D eigenvalue weighted by atomic mass is 19.1. The van der Waals surface area contributed by atoms with Gasteiger partial charge in [-0.3, -0.25) is 4.79 Å². The zero-order chi connectivity index (χ0) is 11.4. The van der Waals surface area contributed by atoms with E-state index in [1.807, 2.05) is 0 Å². The zero-order valence-electron chi connectivity index (χ0n) is 8.20. The molecule has 0 unspecified atom stereocenters. The summed E-state index contributed by atoms with van der Waals surface area (Å²) in [4.78, 5) is 12.8. The van der Waals surface area contributed by atoms with E-state index in [1.165, 1.54) is 24.1 Å². The lowest BCUT2D eigenvalue weighted by molar-refractivity contribution is 0.0808.